The Kier molecular flexibility index (Phi) is 5.54. The third kappa shape index (κ3) is 4.53. The number of para-hydroxylation sites is 2. The summed E-state index contributed by atoms with van der Waals surface area (Å²) in [6.45, 7) is 5.87. The highest BCUT2D eigenvalue weighted by atomic mass is 16.2. The van der Waals surface area contributed by atoms with Gasteiger partial charge in [0.25, 0.3) is 5.91 Å². The number of imidazole rings is 1. The van der Waals surface area contributed by atoms with E-state index in [1.165, 1.54) is 0 Å². The number of hydrogen-bond donors (Lipinski definition) is 3. The number of fused-ring (bicyclic) bond motifs is 1. The highest BCUT2D eigenvalue weighted by Gasteiger charge is 2.22. The minimum atomic E-state index is -0.628. The lowest BCUT2D eigenvalue weighted by Gasteiger charge is -2.17. The topological polar surface area (TPSA) is 86.9 Å². The lowest BCUT2D eigenvalue weighted by molar-refractivity contribution is -0.118. The van der Waals surface area contributed by atoms with Gasteiger partial charge in [-0.15, -0.1) is 0 Å². The molecule has 3 aromatic rings. The van der Waals surface area contributed by atoms with Crippen molar-refractivity contribution < 1.29 is 9.59 Å². The molecule has 1 atom stereocenters. The van der Waals surface area contributed by atoms with Crippen LogP contribution in [0.2, 0.25) is 0 Å². The van der Waals surface area contributed by atoms with Crippen LogP contribution in [-0.4, -0.2) is 27.8 Å². The maximum absolute atomic E-state index is 12.7. The van der Waals surface area contributed by atoms with E-state index in [1.54, 1.807) is 0 Å². The van der Waals surface area contributed by atoms with Crippen LogP contribution in [0.5, 0.6) is 0 Å². The van der Waals surface area contributed by atoms with Gasteiger partial charge < -0.3 is 10.3 Å². The number of aromatic amines is 1. The van der Waals surface area contributed by atoms with E-state index in [2.05, 4.69) is 20.6 Å². The van der Waals surface area contributed by atoms with Gasteiger partial charge in [0.15, 0.2) is 0 Å². The van der Waals surface area contributed by atoms with E-state index in [0.717, 1.165) is 28.6 Å². The Bertz CT molecular complexity index is 924. The van der Waals surface area contributed by atoms with Crippen LogP contribution in [0.1, 0.15) is 41.3 Å². The summed E-state index contributed by atoms with van der Waals surface area (Å²) in [6, 6.07) is 12.6. The van der Waals surface area contributed by atoms with Crippen molar-refractivity contribution in [3.63, 3.8) is 0 Å². The molecule has 0 saturated heterocycles. The number of anilines is 1. The molecule has 0 aliphatic heterocycles. The first-order valence-corrected chi connectivity index (χ1v) is 9.11. The normalized spacial score (nSPS) is 12.0. The first-order chi connectivity index (χ1) is 13.0. The largest absolute Gasteiger partial charge is 0.340 e. The Morgan fingerprint density at radius 3 is 2.48 bits per heavy atom. The molecule has 3 rings (SSSR count). The van der Waals surface area contributed by atoms with Gasteiger partial charge in [-0.25, -0.2) is 4.98 Å². The molecule has 1 aromatic heterocycles. The molecular formula is C21H24N4O2. The van der Waals surface area contributed by atoms with Crippen LogP contribution in [0.15, 0.2) is 42.5 Å². The van der Waals surface area contributed by atoms with Crippen LogP contribution in [0, 0.1) is 13.8 Å². The lowest BCUT2D eigenvalue weighted by atomic mass is 10.1. The van der Waals surface area contributed by atoms with Crippen LogP contribution in [0.4, 0.5) is 5.95 Å². The second-order valence-corrected chi connectivity index (χ2v) is 6.78. The van der Waals surface area contributed by atoms with Gasteiger partial charge in [0.2, 0.25) is 11.9 Å². The first kappa shape index (κ1) is 18.6. The molecule has 2 aromatic carbocycles. The third-order valence-electron chi connectivity index (χ3n) is 4.31. The Morgan fingerprint density at radius 2 is 1.81 bits per heavy atom. The molecule has 27 heavy (non-hydrogen) atoms. The average Bonchev–Trinajstić information content (AvgIpc) is 3.02. The van der Waals surface area contributed by atoms with Crippen molar-refractivity contribution in [3.8, 4) is 0 Å². The van der Waals surface area contributed by atoms with E-state index in [4.69, 9.17) is 0 Å². The minimum Gasteiger partial charge on any atom is -0.340 e. The molecule has 2 amide bonds. The van der Waals surface area contributed by atoms with Gasteiger partial charge in [-0.2, -0.15) is 0 Å². The molecule has 0 radical (unpaired) electrons. The van der Waals surface area contributed by atoms with Crippen LogP contribution < -0.4 is 10.6 Å². The molecule has 1 heterocycles. The van der Waals surface area contributed by atoms with Crippen molar-refractivity contribution in [2.45, 2.75) is 39.7 Å². The van der Waals surface area contributed by atoms with Gasteiger partial charge in [0, 0.05) is 5.56 Å². The maximum Gasteiger partial charge on any atom is 0.251 e. The van der Waals surface area contributed by atoms with E-state index in [-0.39, 0.29) is 11.8 Å². The zero-order valence-corrected chi connectivity index (χ0v) is 15.8. The Hall–Kier alpha value is -3.15. The number of carbonyl (C=O) groups is 2. The zero-order chi connectivity index (χ0) is 19.4. The highest BCUT2D eigenvalue weighted by molar-refractivity contribution is 6.01. The summed E-state index contributed by atoms with van der Waals surface area (Å²) in [6.07, 6.45) is 1.31. The molecule has 0 aliphatic carbocycles. The van der Waals surface area contributed by atoms with E-state index >= 15 is 0 Å². The fraction of sp³-hybridized carbons (Fsp3) is 0.286. The fourth-order valence-corrected chi connectivity index (χ4v) is 3.12. The van der Waals surface area contributed by atoms with Crippen molar-refractivity contribution in [2.75, 3.05) is 5.32 Å². The van der Waals surface area contributed by atoms with E-state index in [9.17, 15) is 9.59 Å². The maximum atomic E-state index is 12.7. The van der Waals surface area contributed by atoms with Crippen LogP contribution >= 0.6 is 0 Å². The molecular weight excluding hydrogens is 340 g/mol. The molecule has 0 bridgehead atoms. The van der Waals surface area contributed by atoms with Crippen LogP contribution in [0.25, 0.3) is 11.0 Å². The van der Waals surface area contributed by atoms with Gasteiger partial charge in [-0.1, -0.05) is 42.7 Å². The van der Waals surface area contributed by atoms with E-state index < -0.39 is 6.04 Å². The molecule has 140 valence electrons. The number of hydrogen-bond acceptors (Lipinski definition) is 3. The molecule has 0 spiro atoms. The van der Waals surface area contributed by atoms with Gasteiger partial charge in [-0.05, 0) is 44.5 Å². The average molecular weight is 364 g/mol. The van der Waals surface area contributed by atoms with Gasteiger partial charge in [-0.3, -0.25) is 14.9 Å². The molecule has 0 fully saturated rings. The summed E-state index contributed by atoms with van der Waals surface area (Å²) >= 11 is 0. The van der Waals surface area contributed by atoms with Gasteiger partial charge in [0.1, 0.15) is 6.04 Å². The first-order valence-electron chi connectivity index (χ1n) is 9.11. The fourth-order valence-electron chi connectivity index (χ4n) is 3.12. The number of aryl methyl sites for hydroxylation is 2. The molecule has 0 saturated carbocycles. The molecule has 6 nitrogen and oxygen atoms in total. The zero-order valence-electron chi connectivity index (χ0n) is 15.8. The molecule has 6 heteroatoms. The summed E-state index contributed by atoms with van der Waals surface area (Å²) < 4.78 is 0. The summed E-state index contributed by atoms with van der Waals surface area (Å²) in [7, 11) is 0. The van der Waals surface area contributed by atoms with E-state index in [0.29, 0.717) is 17.9 Å². The predicted molar refractivity (Wildman–Crippen MR) is 107 cm³/mol. The Labute approximate surface area is 158 Å². The molecule has 0 aliphatic rings. The Morgan fingerprint density at radius 1 is 1.11 bits per heavy atom. The number of aromatic nitrogens is 2. The second-order valence-electron chi connectivity index (χ2n) is 6.78. The summed E-state index contributed by atoms with van der Waals surface area (Å²) in [5.74, 6) is -0.156. The van der Waals surface area contributed by atoms with Crippen molar-refractivity contribution in [3.05, 3.63) is 59.2 Å². The SMILES string of the molecule is CCC[C@H](NC(=O)c1cc(C)cc(C)c1)C(=O)Nc1nc2ccccc2[nH]1. The van der Waals surface area contributed by atoms with Crippen molar-refractivity contribution in [1.82, 2.24) is 15.3 Å². The van der Waals surface area contributed by atoms with Crippen molar-refractivity contribution in [2.24, 2.45) is 0 Å². The summed E-state index contributed by atoms with van der Waals surface area (Å²) in [5, 5.41) is 5.63. The number of nitrogens with one attached hydrogen (secondary N) is 3. The second kappa shape index (κ2) is 8.03. The van der Waals surface area contributed by atoms with Gasteiger partial charge >= 0.3 is 0 Å². The highest BCUT2D eigenvalue weighted by Crippen LogP contribution is 2.14. The molecule has 0 unspecified atom stereocenters. The van der Waals surface area contributed by atoms with Crippen molar-refractivity contribution >= 4 is 28.8 Å². The molecule has 3 N–H and O–H groups in total. The predicted octanol–water partition coefficient (Wildman–Crippen LogP) is 3.72. The van der Waals surface area contributed by atoms with Crippen LogP contribution in [0.3, 0.4) is 0 Å². The van der Waals surface area contributed by atoms with E-state index in [1.807, 2.05) is 63.2 Å². The van der Waals surface area contributed by atoms with Crippen molar-refractivity contribution in [1.29, 1.82) is 0 Å². The third-order valence-corrected chi connectivity index (χ3v) is 4.31. The monoisotopic (exact) mass is 364 g/mol. The quantitative estimate of drug-likeness (QED) is 0.623. The summed E-state index contributed by atoms with van der Waals surface area (Å²) in [5.41, 5.74) is 4.21. The number of amides is 2. The smallest absolute Gasteiger partial charge is 0.251 e. The number of nitrogens with zero attached hydrogens (tertiary/aromatic N) is 1. The lowest BCUT2D eigenvalue weighted by Crippen LogP contribution is -2.43. The minimum absolute atomic E-state index is 0.250. The Balaban J connectivity index is 1.73. The van der Waals surface area contributed by atoms with Gasteiger partial charge in [0.05, 0.1) is 11.0 Å². The number of benzene rings is 2. The standard InChI is InChI=1S/C21H24N4O2/c1-4-7-18(22-19(26)15-11-13(2)10-14(3)12-15)20(27)25-21-23-16-8-5-6-9-17(16)24-21/h5-6,8-12,18H,4,7H2,1-3H3,(H,22,26)(H2,23,24,25,27)/t18-/m0/s1. The number of carbonyl (C=O) groups excluding carboxylic acids is 2. The number of rotatable bonds is 6. The van der Waals surface area contributed by atoms with Crippen LogP contribution in [-0.2, 0) is 4.79 Å². The summed E-state index contributed by atoms with van der Waals surface area (Å²) in [4.78, 5) is 32.7. The number of H-pyrrole nitrogens is 1.